The summed E-state index contributed by atoms with van der Waals surface area (Å²) in [5.41, 5.74) is 7.35. The summed E-state index contributed by atoms with van der Waals surface area (Å²) in [5, 5.41) is 0. The predicted molar refractivity (Wildman–Crippen MR) is 113 cm³/mol. The van der Waals surface area contributed by atoms with E-state index < -0.39 is 10.0 Å². The van der Waals surface area contributed by atoms with E-state index in [1.165, 1.54) is 4.31 Å². The van der Waals surface area contributed by atoms with Crippen LogP contribution in [0.4, 0.5) is 5.69 Å². The number of rotatable bonds is 9. The average molecular weight is 418 g/mol. The van der Waals surface area contributed by atoms with Crippen molar-refractivity contribution in [3.8, 4) is 0 Å². The number of sulfonamides is 1. The van der Waals surface area contributed by atoms with E-state index in [1.54, 1.807) is 36.4 Å². The fourth-order valence-electron chi connectivity index (χ4n) is 3.20. The first-order chi connectivity index (χ1) is 14.0. The number of morpholine rings is 1. The number of carbonyl (C=O) groups excluding carboxylic acids is 1. The topological polar surface area (TPSA) is 92.9 Å². The van der Waals surface area contributed by atoms with Crippen LogP contribution in [0, 0.1) is 0 Å². The zero-order chi connectivity index (χ0) is 20.7. The third-order valence-corrected chi connectivity index (χ3v) is 6.65. The lowest BCUT2D eigenvalue weighted by atomic mass is 10.1. The van der Waals surface area contributed by atoms with Gasteiger partial charge in [0.05, 0.1) is 37.7 Å². The van der Waals surface area contributed by atoms with E-state index in [4.69, 9.17) is 10.5 Å². The molecule has 1 aliphatic heterocycles. The Morgan fingerprint density at radius 2 is 1.69 bits per heavy atom. The molecule has 2 N–H and O–H groups in total. The van der Waals surface area contributed by atoms with Crippen molar-refractivity contribution in [2.24, 2.45) is 5.73 Å². The highest BCUT2D eigenvalue weighted by Gasteiger charge is 2.24. The zero-order valence-corrected chi connectivity index (χ0v) is 17.2. The number of nitrogens with zero attached hydrogens (tertiary/aromatic N) is 2. The van der Waals surface area contributed by atoms with Gasteiger partial charge in [-0.15, -0.1) is 0 Å². The summed E-state index contributed by atoms with van der Waals surface area (Å²) in [6.45, 7) is 3.39. The van der Waals surface area contributed by atoms with Gasteiger partial charge in [-0.25, -0.2) is 8.42 Å². The van der Waals surface area contributed by atoms with Crippen molar-refractivity contribution in [1.82, 2.24) is 4.90 Å². The van der Waals surface area contributed by atoms with Gasteiger partial charge in [0.15, 0.2) is 5.78 Å². The van der Waals surface area contributed by atoms with Crippen molar-refractivity contribution in [2.45, 2.75) is 6.54 Å². The van der Waals surface area contributed by atoms with Crippen LogP contribution in [0.5, 0.6) is 0 Å². The number of benzene rings is 2. The Hall–Kier alpha value is -2.26. The van der Waals surface area contributed by atoms with Crippen molar-refractivity contribution in [3.63, 3.8) is 0 Å². The largest absolute Gasteiger partial charge is 0.379 e. The number of anilines is 1. The molecule has 0 atom stereocenters. The summed E-state index contributed by atoms with van der Waals surface area (Å²) in [6.07, 6.45) is 0. The quantitative estimate of drug-likeness (QED) is 0.622. The van der Waals surface area contributed by atoms with Crippen LogP contribution < -0.4 is 10.0 Å². The molecule has 2 aromatic rings. The minimum Gasteiger partial charge on any atom is -0.379 e. The van der Waals surface area contributed by atoms with Gasteiger partial charge < -0.3 is 10.5 Å². The molecule has 1 heterocycles. The Kier molecular flexibility index (Phi) is 7.38. The highest BCUT2D eigenvalue weighted by molar-refractivity contribution is 7.92. The summed E-state index contributed by atoms with van der Waals surface area (Å²) in [6, 6.07) is 16.0. The van der Waals surface area contributed by atoms with E-state index in [9.17, 15) is 13.2 Å². The van der Waals surface area contributed by atoms with Gasteiger partial charge in [-0.05, 0) is 17.7 Å². The maximum absolute atomic E-state index is 13.2. The lowest BCUT2D eigenvalue weighted by Crippen LogP contribution is -2.42. The van der Waals surface area contributed by atoms with E-state index in [0.29, 0.717) is 31.0 Å². The maximum Gasteiger partial charge on any atom is 0.236 e. The summed E-state index contributed by atoms with van der Waals surface area (Å²) < 4.78 is 33.2. The molecule has 0 saturated carbocycles. The molecule has 0 radical (unpaired) electrons. The third-order valence-electron chi connectivity index (χ3n) is 4.94. The third kappa shape index (κ3) is 5.86. The molecule has 0 amide bonds. The molecule has 0 unspecified atom stereocenters. The fraction of sp³-hybridized carbons (Fsp3) is 0.381. The lowest BCUT2D eigenvalue weighted by molar-refractivity contribution is 0.0408. The predicted octanol–water partition coefficient (Wildman–Crippen LogP) is 1.50. The van der Waals surface area contributed by atoms with Crippen molar-refractivity contribution < 1.29 is 17.9 Å². The van der Waals surface area contributed by atoms with Crippen molar-refractivity contribution in [3.05, 3.63) is 65.7 Å². The first kappa shape index (κ1) is 21.4. The lowest BCUT2D eigenvalue weighted by Gasteiger charge is -2.29. The van der Waals surface area contributed by atoms with Gasteiger partial charge in [0.2, 0.25) is 10.0 Å². The van der Waals surface area contributed by atoms with Gasteiger partial charge in [0.1, 0.15) is 0 Å². The number of nitrogens with two attached hydrogens (primary N) is 1. The Morgan fingerprint density at radius 3 is 2.31 bits per heavy atom. The molecule has 0 aromatic heterocycles. The number of hydrogen-bond acceptors (Lipinski definition) is 6. The molecular formula is C21H27N3O4S. The summed E-state index contributed by atoms with van der Waals surface area (Å²) in [7, 11) is -3.54. The summed E-state index contributed by atoms with van der Waals surface area (Å²) >= 11 is 0. The first-order valence-corrected chi connectivity index (χ1v) is 11.3. The van der Waals surface area contributed by atoms with Gasteiger partial charge in [0, 0.05) is 25.2 Å². The van der Waals surface area contributed by atoms with Crippen LogP contribution in [-0.2, 0) is 21.3 Å². The number of carbonyl (C=O) groups is 1. The fourth-order valence-corrected chi connectivity index (χ4v) is 4.70. The maximum atomic E-state index is 13.2. The highest BCUT2D eigenvalue weighted by Crippen LogP contribution is 2.22. The zero-order valence-electron chi connectivity index (χ0n) is 16.4. The Bertz CT molecular complexity index is 895. The number of ether oxygens (including phenoxy) is 1. The van der Waals surface area contributed by atoms with Crippen LogP contribution >= 0.6 is 0 Å². The van der Waals surface area contributed by atoms with Crippen LogP contribution in [0.15, 0.2) is 54.6 Å². The van der Waals surface area contributed by atoms with Gasteiger partial charge >= 0.3 is 0 Å². The molecule has 156 valence electrons. The molecule has 3 rings (SSSR count). The van der Waals surface area contributed by atoms with Crippen LogP contribution in [0.1, 0.15) is 15.9 Å². The molecule has 8 heteroatoms. The van der Waals surface area contributed by atoms with Gasteiger partial charge in [-0.2, -0.15) is 0 Å². The Morgan fingerprint density at radius 1 is 1.03 bits per heavy atom. The minimum atomic E-state index is -3.54. The SMILES string of the molecule is NCC(=O)c1ccc(CN(c2ccccc2)S(=O)(=O)CCN2CCOCC2)cc1. The summed E-state index contributed by atoms with van der Waals surface area (Å²) in [5.74, 6) is -0.111. The van der Waals surface area contributed by atoms with E-state index in [-0.39, 0.29) is 24.6 Å². The second kappa shape index (κ2) is 9.98. The van der Waals surface area contributed by atoms with E-state index in [0.717, 1.165) is 18.7 Å². The average Bonchev–Trinajstić information content (AvgIpc) is 2.77. The molecule has 1 aliphatic rings. The number of ketones is 1. The van der Waals surface area contributed by atoms with Gasteiger partial charge in [-0.3, -0.25) is 14.0 Å². The highest BCUT2D eigenvalue weighted by atomic mass is 32.2. The van der Waals surface area contributed by atoms with Gasteiger partial charge in [0.25, 0.3) is 0 Å². The molecule has 0 aliphatic carbocycles. The van der Waals surface area contributed by atoms with Crippen LogP contribution in [0.2, 0.25) is 0 Å². The number of hydrogen-bond donors (Lipinski definition) is 1. The second-order valence-corrected chi connectivity index (χ2v) is 8.95. The van der Waals surface area contributed by atoms with Crippen LogP contribution in [0.3, 0.4) is 0 Å². The number of Topliss-reactive ketones (excluding diaryl/α,β-unsaturated/α-hetero) is 1. The molecule has 29 heavy (non-hydrogen) atoms. The number of para-hydroxylation sites is 1. The van der Waals surface area contributed by atoms with Gasteiger partial charge in [-0.1, -0.05) is 42.5 Å². The van der Waals surface area contributed by atoms with Crippen LogP contribution in [-0.4, -0.2) is 64.2 Å². The molecular weight excluding hydrogens is 390 g/mol. The second-order valence-electron chi connectivity index (χ2n) is 6.94. The van der Waals surface area contributed by atoms with E-state index >= 15 is 0 Å². The summed E-state index contributed by atoms with van der Waals surface area (Å²) in [4.78, 5) is 13.8. The molecule has 1 fully saturated rings. The Labute approximate surface area is 172 Å². The normalized spacial score (nSPS) is 15.2. The molecule has 2 aromatic carbocycles. The molecule has 7 nitrogen and oxygen atoms in total. The van der Waals surface area contributed by atoms with Crippen molar-refractivity contribution in [1.29, 1.82) is 0 Å². The van der Waals surface area contributed by atoms with E-state index in [2.05, 4.69) is 4.90 Å². The van der Waals surface area contributed by atoms with Crippen molar-refractivity contribution >= 4 is 21.5 Å². The van der Waals surface area contributed by atoms with Crippen molar-refractivity contribution in [2.75, 3.05) is 49.5 Å². The Balaban J connectivity index is 1.78. The molecule has 1 saturated heterocycles. The minimum absolute atomic E-state index is 0.0334. The molecule has 0 spiro atoms. The van der Waals surface area contributed by atoms with E-state index in [1.807, 2.05) is 18.2 Å². The molecule has 0 bridgehead atoms. The van der Waals surface area contributed by atoms with Crippen LogP contribution in [0.25, 0.3) is 0 Å². The first-order valence-electron chi connectivity index (χ1n) is 9.67. The standard InChI is InChI=1S/C21H27N3O4S/c22-16-21(25)19-8-6-18(7-9-19)17-24(20-4-2-1-3-5-20)29(26,27)15-12-23-10-13-28-14-11-23/h1-9H,10-17,22H2. The smallest absolute Gasteiger partial charge is 0.236 e. The monoisotopic (exact) mass is 417 g/mol.